The number of hydrogen-bond acceptors (Lipinski definition) is 3. The van der Waals surface area contributed by atoms with Crippen LogP contribution in [0.5, 0.6) is 0 Å². The first-order valence-electron chi connectivity index (χ1n) is 7.48. The Bertz CT molecular complexity index is 301. The maximum atomic E-state index is 12.2. The van der Waals surface area contributed by atoms with Crippen molar-refractivity contribution in [2.75, 3.05) is 20.2 Å². The van der Waals surface area contributed by atoms with Crippen LogP contribution in [0.15, 0.2) is 0 Å². The van der Waals surface area contributed by atoms with Gasteiger partial charge in [-0.15, -0.1) is 0 Å². The van der Waals surface area contributed by atoms with Crippen LogP contribution in [0.25, 0.3) is 0 Å². The van der Waals surface area contributed by atoms with Crippen molar-refractivity contribution in [2.24, 2.45) is 0 Å². The van der Waals surface area contributed by atoms with Crippen molar-refractivity contribution in [3.63, 3.8) is 0 Å². The average molecular weight is 294 g/mol. The Balaban J connectivity index is 1.73. The summed E-state index contributed by atoms with van der Waals surface area (Å²) in [6.07, 6.45) is 0.0726. The van der Waals surface area contributed by atoms with Gasteiger partial charge in [-0.1, -0.05) is 0 Å². The Morgan fingerprint density at radius 1 is 1.20 bits per heavy atom. The fourth-order valence-corrected chi connectivity index (χ4v) is 3.31. The van der Waals surface area contributed by atoms with Crippen molar-refractivity contribution in [1.82, 2.24) is 10.2 Å². The normalized spacial score (nSPS) is 36.5. The predicted molar refractivity (Wildman–Crippen MR) is 71.7 cm³/mol. The van der Waals surface area contributed by atoms with Crippen LogP contribution in [0, 0.1) is 0 Å². The molecule has 2 aliphatic rings. The third-order valence-corrected chi connectivity index (χ3v) is 4.47. The van der Waals surface area contributed by atoms with Crippen molar-refractivity contribution >= 4 is 0 Å². The number of rotatable bonds is 4. The van der Waals surface area contributed by atoms with Crippen molar-refractivity contribution in [1.29, 1.82) is 0 Å². The number of alkyl halides is 3. The Morgan fingerprint density at radius 2 is 1.95 bits per heavy atom. The zero-order valence-corrected chi connectivity index (χ0v) is 12.2. The van der Waals surface area contributed by atoms with Crippen LogP contribution in [-0.2, 0) is 4.74 Å². The molecule has 0 bridgehead atoms. The number of nitrogens with one attached hydrogen (secondary N) is 1. The highest BCUT2D eigenvalue weighted by Crippen LogP contribution is 2.25. The monoisotopic (exact) mass is 294 g/mol. The lowest BCUT2D eigenvalue weighted by molar-refractivity contribution is -0.188. The molecule has 1 aliphatic carbocycles. The maximum absolute atomic E-state index is 12.2. The van der Waals surface area contributed by atoms with Crippen LogP contribution < -0.4 is 5.32 Å². The van der Waals surface area contributed by atoms with Gasteiger partial charge in [0.05, 0.1) is 6.10 Å². The molecule has 1 N–H and O–H groups in total. The Kier molecular flexibility index (Phi) is 5.31. The summed E-state index contributed by atoms with van der Waals surface area (Å²) >= 11 is 0. The second-order valence-electron chi connectivity index (χ2n) is 6.30. The van der Waals surface area contributed by atoms with Gasteiger partial charge < -0.3 is 15.0 Å². The van der Waals surface area contributed by atoms with E-state index < -0.39 is 12.8 Å². The molecule has 0 aromatic rings. The number of nitrogens with zero attached hydrogens (tertiary/aromatic N) is 1. The average Bonchev–Trinajstić information content (AvgIpc) is 2.65. The maximum Gasteiger partial charge on any atom is 0.411 e. The molecule has 20 heavy (non-hydrogen) atoms. The molecule has 1 heterocycles. The zero-order chi connectivity index (χ0) is 14.8. The van der Waals surface area contributed by atoms with Gasteiger partial charge in [0.1, 0.15) is 6.61 Å². The first kappa shape index (κ1) is 16.0. The molecule has 4 unspecified atom stereocenters. The van der Waals surface area contributed by atoms with Gasteiger partial charge in [0.15, 0.2) is 0 Å². The molecule has 4 atom stereocenters. The summed E-state index contributed by atoms with van der Waals surface area (Å²) in [7, 11) is 2.11. The minimum Gasteiger partial charge on any atom is -0.369 e. The molecule has 0 amide bonds. The summed E-state index contributed by atoms with van der Waals surface area (Å²) in [5.74, 6) is 0. The van der Waals surface area contributed by atoms with Gasteiger partial charge in [0.25, 0.3) is 0 Å². The summed E-state index contributed by atoms with van der Waals surface area (Å²) in [5, 5.41) is 3.60. The standard InChI is InChI=1S/C14H25F3N2O/c1-10-6-12(8-19(10)2)18-11-4-3-5-13(7-11)20-9-14(15,16)17/h10-13,18H,3-9H2,1-2H3. The van der Waals surface area contributed by atoms with E-state index in [1.165, 1.54) is 0 Å². The second kappa shape index (κ2) is 6.62. The van der Waals surface area contributed by atoms with E-state index in [1.807, 2.05) is 0 Å². The van der Waals surface area contributed by atoms with Crippen LogP contribution >= 0.6 is 0 Å². The third kappa shape index (κ3) is 4.90. The van der Waals surface area contributed by atoms with E-state index in [0.717, 1.165) is 32.2 Å². The molecule has 0 radical (unpaired) electrons. The van der Waals surface area contributed by atoms with Crippen LogP contribution in [-0.4, -0.2) is 55.5 Å². The first-order chi connectivity index (χ1) is 9.33. The highest BCUT2D eigenvalue weighted by molar-refractivity contribution is 4.89. The summed E-state index contributed by atoms with van der Waals surface area (Å²) in [5.41, 5.74) is 0. The van der Waals surface area contributed by atoms with E-state index in [-0.39, 0.29) is 6.10 Å². The highest BCUT2D eigenvalue weighted by Gasteiger charge is 2.33. The van der Waals surface area contributed by atoms with Crippen LogP contribution in [0.3, 0.4) is 0 Å². The van der Waals surface area contributed by atoms with Gasteiger partial charge in [0.2, 0.25) is 0 Å². The molecule has 1 saturated heterocycles. The minimum absolute atomic E-state index is 0.251. The van der Waals surface area contributed by atoms with Crippen LogP contribution in [0.1, 0.15) is 39.0 Å². The SMILES string of the molecule is CC1CC(NC2CCCC(OCC(F)(F)F)C2)CN1C. The van der Waals surface area contributed by atoms with Gasteiger partial charge >= 0.3 is 6.18 Å². The molecule has 0 spiro atoms. The lowest BCUT2D eigenvalue weighted by atomic mass is 9.92. The molecular formula is C14H25F3N2O. The number of halogens is 3. The highest BCUT2D eigenvalue weighted by atomic mass is 19.4. The van der Waals surface area contributed by atoms with Crippen molar-refractivity contribution in [3.8, 4) is 0 Å². The molecule has 0 aromatic carbocycles. The zero-order valence-electron chi connectivity index (χ0n) is 12.2. The predicted octanol–water partition coefficient (Wildman–Crippen LogP) is 2.56. The van der Waals surface area contributed by atoms with Crippen LogP contribution in [0.2, 0.25) is 0 Å². The van der Waals surface area contributed by atoms with E-state index in [1.54, 1.807) is 0 Å². The molecule has 1 saturated carbocycles. The fourth-order valence-electron chi connectivity index (χ4n) is 3.31. The number of hydrogen-bond donors (Lipinski definition) is 1. The molecule has 2 rings (SSSR count). The third-order valence-electron chi connectivity index (χ3n) is 4.47. The first-order valence-corrected chi connectivity index (χ1v) is 7.48. The summed E-state index contributed by atoms with van der Waals surface area (Å²) < 4.78 is 41.5. The van der Waals surface area contributed by atoms with Gasteiger partial charge in [0, 0.05) is 24.7 Å². The van der Waals surface area contributed by atoms with E-state index in [0.29, 0.717) is 24.5 Å². The van der Waals surface area contributed by atoms with Gasteiger partial charge in [-0.3, -0.25) is 0 Å². The molecule has 1 aliphatic heterocycles. The summed E-state index contributed by atoms with van der Waals surface area (Å²) in [4.78, 5) is 2.32. The van der Waals surface area contributed by atoms with E-state index in [2.05, 4.69) is 24.2 Å². The lowest BCUT2D eigenvalue weighted by Gasteiger charge is -2.32. The van der Waals surface area contributed by atoms with Gasteiger partial charge in [-0.25, -0.2) is 0 Å². The molecule has 2 fully saturated rings. The summed E-state index contributed by atoms with van der Waals surface area (Å²) in [6.45, 7) is 2.11. The minimum atomic E-state index is -4.22. The number of likely N-dealkylation sites (tertiary alicyclic amines) is 1. The number of likely N-dealkylation sites (N-methyl/N-ethyl adjacent to an activating group) is 1. The van der Waals surface area contributed by atoms with E-state index in [9.17, 15) is 13.2 Å². The Labute approximate surface area is 118 Å². The van der Waals surface area contributed by atoms with Crippen LogP contribution in [0.4, 0.5) is 13.2 Å². The molecule has 118 valence electrons. The Morgan fingerprint density at radius 3 is 2.55 bits per heavy atom. The number of ether oxygens (including phenoxy) is 1. The summed E-state index contributed by atoms with van der Waals surface area (Å²) in [6, 6.07) is 1.33. The van der Waals surface area contributed by atoms with Crippen molar-refractivity contribution < 1.29 is 17.9 Å². The van der Waals surface area contributed by atoms with Crippen molar-refractivity contribution in [2.45, 2.75) is 69.4 Å². The second-order valence-corrected chi connectivity index (χ2v) is 6.30. The van der Waals surface area contributed by atoms with Gasteiger partial charge in [-0.2, -0.15) is 13.2 Å². The van der Waals surface area contributed by atoms with Gasteiger partial charge in [-0.05, 0) is 46.1 Å². The molecule has 0 aromatic heterocycles. The topological polar surface area (TPSA) is 24.5 Å². The lowest BCUT2D eigenvalue weighted by Crippen LogP contribution is -2.44. The molecule has 3 nitrogen and oxygen atoms in total. The van der Waals surface area contributed by atoms with Crippen molar-refractivity contribution in [3.05, 3.63) is 0 Å². The molecular weight excluding hydrogens is 269 g/mol. The van der Waals surface area contributed by atoms with E-state index in [4.69, 9.17) is 4.74 Å². The smallest absolute Gasteiger partial charge is 0.369 e. The quantitative estimate of drug-likeness (QED) is 0.862. The molecule has 6 heteroatoms. The Hall–Kier alpha value is -0.330. The largest absolute Gasteiger partial charge is 0.411 e. The fraction of sp³-hybridized carbons (Fsp3) is 1.00. The van der Waals surface area contributed by atoms with E-state index >= 15 is 0 Å².